The fourth-order valence-corrected chi connectivity index (χ4v) is 1.13. The molecule has 0 aromatic carbocycles. The minimum absolute atomic E-state index is 0.210. The first-order valence-electron chi connectivity index (χ1n) is 3.84. The SMILES string of the molecule is CC(CCl)NC(=O)C(C)S(C)(=O)=O. The quantitative estimate of drug-likeness (QED) is 0.697. The van der Waals surface area contributed by atoms with Gasteiger partial charge >= 0.3 is 0 Å². The van der Waals surface area contributed by atoms with Crippen LogP contribution >= 0.6 is 11.6 Å². The maximum atomic E-state index is 11.2. The minimum atomic E-state index is -3.31. The molecule has 78 valence electrons. The van der Waals surface area contributed by atoms with Crippen LogP contribution in [0.4, 0.5) is 0 Å². The first-order valence-corrected chi connectivity index (χ1v) is 6.33. The third-order valence-electron chi connectivity index (χ3n) is 1.63. The lowest BCUT2D eigenvalue weighted by molar-refractivity contribution is -0.120. The first kappa shape index (κ1) is 12.7. The summed E-state index contributed by atoms with van der Waals surface area (Å²) in [6.45, 7) is 3.06. The molecule has 1 N–H and O–H groups in total. The van der Waals surface area contributed by atoms with Crippen LogP contribution in [0.1, 0.15) is 13.8 Å². The van der Waals surface area contributed by atoms with Crippen molar-refractivity contribution in [3.8, 4) is 0 Å². The number of hydrogen-bond acceptors (Lipinski definition) is 3. The molecule has 0 aliphatic heterocycles. The molecule has 6 heteroatoms. The Labute approximate surface area is 83.6 Å². The molecule has 13 heavy (non-hydrogen) atoms. The molecule has 0 aliphatic rings. The number of alkyl halides is 1. The topological polar surface area (TPSA) is 63.2 Å². The Morgan fingerprint density at radius 1 is 1.46 bits per heavy atom. The number of sulfone groups is 1. The van der Waals surface area contributed by atoms with Crippen LogP contribution in [0.15, 0.2) is 0 Å². The van der Waals surface area contributed by atoms with Crippen molar-refractivity contribution in [3.05, 3.63) is 0 Å². The Morgan fingerprint density at radius 3 is 2.23 bits per heavy atom. The van der Waals surface area contributed by atoms with Crippen molar-refractivity contribution in [1.82, 2.24) is 5.32 Å². The summed E-state index contributed by atoms with van der Waals surface area (Å²) in [5.74, 6) is -0.238. The van der Waals surface area contributed by atoms with E-state index < -0.39 is 21.0 Å². The predicted molar refractivity (Wildman–Crippen MR) is 52.6 cm³/mol. The summed E-state index contributed by atoms with van der Waals surface area (Å²) in [4.78, 5) is 11.2. The van der Waals surface area contributed by atoms with Gasteiger partial charge in [-0.15, -0.1) is 11.6 Å². The minimum Gasteiger partial charge on any atom is -0.351 e. The molecule has 4 nitrogen and oxygen atoms in total. The molecular formula is C7H14ClNO3S. The average molecular weight is 228 g/mol. The van der Waals surface area contributed by atoms with Gasteiger partial charge in [0.15, 0.2) is 9.84 Å². The van der Waals surface area contributed by atoms with E-state index in [2.05, 4.69) is 5.32 Å². The number of carbonyl (C=O) groups excluding carboxylic acids is 1. The average Bonchev–Trinajstić information content (AvgIpc) is 2.01. The lowest BCUT2D eigenvalue weighted by atomic mass is 10.3. The zero-order valence-corrected chi connectivity index (χ0v) is 9.45. The van der Waals surface area contributed by atoms with Gasteiger partial charge in [-0.05, 0) is 13.8 Å². The smallest absolute Gasteiger partial charge is 0.238 e. The predicted octanol–water partition coefficient (Wildman–Crippen LogP) is 0.163. The van der Waals surface area contributed by atoms with Crippen molar-refractivity contribution < 1.29 is 13.2 Å². The number of hydrogen-bond donors (Lipinski definition) is 1. The Morgan fingerprint density at radius 2 is 1.92 bits per heavy atom. The highest BCUT2D eigenvalue weighted by atomic mass is 35.5. The van der Waals surface area contributed by atoms with Crippen LogP contribution in [-0.2, 0) is 14.6 Å². The van der Waals surface area contributed by atoms with Gasteiger partial charge in [0.25, 0.3) is 0 Å². The molecule has 0 aromatic heterocycles. The van der Waals surface area contributed by atoms with Crippen LogP contribution in [-0.4, -0.2) is 37.8 Å². The summed E-state index contributed by atoms with van der Waals surface area (Å²) in [5, 5.41) is 1.47. The molecule has 2 atom stereocenters. The highest BCUT2D eigenvalue weighted by Gasteiger charge is 2.24. The van der Waals surface area contributed by atoms with Crippen molar-refractivity contribution in [2.24, 2.45) is 0 Å². The van der Waals surface area contributed by atoms with Crippen LogP contribution in [0.5, 0.6) is 0 Å². The molecule has 0 heterocycles. The van der Waals surface area contributed by atoms with E-state index in [0.717, 1.165) is 6.26 Å². The summed E-state index contributed by atoms with van der Waals surface area (Å²) >= 11 is 5.45. The molecule has 0 aromatic rings. The van der Waals surface area contributed by atoms with Crippen LogP contribution in [0.2, 0.25) is 0 Å². The molecule has 0 bridgehead atoms. The Hall–Kier alpha value is -0.290. The number of carbonyl (C=O) groups is 1. The van der Waals surface area contributed by atoms with Crippen LogP contribution in [0, 0.1) is 0 Å². The van der Waals surface area contributed by atoms with E-state index >= 15 is 0 Å². The van der Waals surface area contributed by atoms with Crippen molar-refractivity contribution in [1.29, 1.82) is 0 Å². The van der Waals surface area contributed by atoms with Gasteiger partial charge in [0.05, 0.1) is 0 Å². The number of nitrogens with one attached hydrogen (secondary N) is 1. The number of amides is 1. The van der Waals surface area contributed by atoms with Crippen LogP contribution < -0.4 is 5.32 Å². The summed E-state index contributed by atoms with van der Waals surface area (Å²) in [6, 6.07) is -0.210. The van der Waals surface area contributed by atoms with Crippen molar-refractivity contribution in [2.45, 2.75) is 25.1 Å². The van der Waals surface area contributed by atoms with Gasteiger partial charge in [0.2, 0.25) is 5.91 Å². The highest BCUT2D eigenvalue weighted by molar-refractivity contribution is 7.92. The Bertz CT molecular complexity index is 275. The molecule has 1 amide bonds. The lowest BCUT2D eigenvalue weighted by Gasteiger charge is -2.13. The van der Waals surface area contributed by atoms with Crippen molar-refractivity contribution in [3.63, 3.8) is 0 Å². The van der Waals surface area contributed by atoms with E-state index in [9.17, 15) is 13.2 Å². The van der Waals surface area contributed by atoms with E-state index in [0.29, 0.717) is 0 Å². The normalized spacial score (nSPS) is 16.3. The number of rotatable bonds is 4. The largest absolute Gasteiger partial charge is 0.351 e. The van der Waals surface area contributed by atoms with Gasteiger partial charge in [-0.1, -0.05) is 0 Å². The first-order chi connectivity index (χ1) is 5.79. The van der Waals surface area contributed by atoms with E-state index in [1.54, 1.807) is 6.92 Å². The van der Waals surface area contributed by atoms with E-state index in [4.69, 9.17) is 11.6 Å². The molecule has 0 saturated heterocycles. The Balaban J connectivity index is 4.29. The van der Waals surface area contributed by atoms with Gasteiger partial charge < -0.3 is 5.32 Å². The fourth-order valence-electron chi connectivity index (χ4n) is 0.593. The van der Waals surface area contributed by atoms with Gasteiger partial charge in [0, 0.05) is 18.2 Å². The summed E-state index contributed by atoms with van der Waals surface area (Å²) in [5.41, 5.74) is 0. The van der Waals surface area contributed by atoms with Gasteiger partial charge in [-0.3, -0.25) is 4.79 Å². The van der Waals surface area contributed by atoms with Gasteiger partial charge in [-0.2, -0.15) is 0 Å². The van der Waals surface area contributed by atoms with E-state index in [-0.39, 0.29) is 11.9 Å². The standard InChI is InChI=1S/C7H14ClNO3S/c1-5(4-8)9-7(10)6(2)13(3,11)12/h5-6H,4H2,1-3H3,(H,9,10). The van der Waals surface area contributed by atoms with Crippen molar-refractivity contribution >= 4 is 27.3 Å². The zero-order chi connectivity index (χ0) is 10.6. The highest BCUT2D eigenvalue weighted by Crippen LogP contribution is 1.98. The summed E-state index contributed by atoms with van der Waals surface area (Å²) in [7, 11) is -3.31. The molecule has 0 fully saturated rings. The monoisotopic (exact) mass is 227 g/mol. The molecule has 0 radical (unpaired) electrons. The molecule has 0 aliphatic carbocycles. The van der Waals surface area contributed by atoms with E-state index in [1.165, 1.54) is 6.92 Å². The summed E-state index contributed by atoms with van der Waals surface area (Å²) in [6.07, 6.45) is 1.03. The second-order valence-electron chi connectivity index (χ2n) is 3.04. The Kier molecular flexibility index (Phi) is 4.70. The molecule has 2 unspecified atom stereocenters. The second kappa shape index (κ2) is 4.81. The second-order valence-corrected chi connectivity index (χ2v) is 5.71. The lowest BCUT2D eigenvalue weighted by Crippen LogP contribution is -2.42. The third kappa shape index (κ3) is 4.47. The van der Waals surface area contributed by atoms with Crippen molar-refractivity contribution in [2.75, 3.05) is 12.1 Å². The maximum absolute atomic E-state index is 11.2. The van der Waals surface area contributed by atoms with Gasteiger partial charge in [0.1, 0.15) is 5.25 Å². The fraction of sp³-hybridized carbons (Fsp3) is 0.857. The third-order valence-corrected chi connectivity index (χ3v) is 3.59. The summed E-state index contributed by atoms with van der Waals surface area (Å²) < 4.78 is 21.9. The molecule has 0 rings (SSSR count). The molecular weight excluding hydrogens is 214 g/mol. The maximum Gasteiger partial charge on any atom is 0.238 e. The number of halogens is 1. The van der Waals surface area contributed by atoms with E-state index in [1.807, 2.05) is 0 Å². The van der Waals surface area contributed by atoms with Crippen LogP contribution in [0.25, 0.3) is 0 Å². The molecule has 0 saturated carbocycles. The molecule has 0 spiro atoms. The van der Waals surface area contributed by atoms with Crippen LogP contribution in [0.3, 0.4) is 0 Å². The zero-order valence-electron chi connectivity index (χ0n) is 7.87. The van der Waals surface area contributed by atoms with Gasteiger partial charge in [-0.25, -0.2) is 8.42 Å².